The van der Waals surface area contributed by atoms with Crippen LogP contribution in [0.4, 0.5) is 0 Å². The van der Waals surface area contributed by atoms with Crippen LogP contribution in [0.2, 0.25) is 0 Å². The van der Waals surface area contributed by atoms with E-state index in [1.165, 1.54) is 16.8 Å². The molecule has 0 bridgehead atoms. The van der Waals surface area contributed by atoms with Crippen molar-refractivity contribution in [2.24, 2.45) is 0 Å². The maximum absolute atomic E-state index is 12.7. The molecule has 3 heterocycles. The Balaban J connectivity index is 1.59. The fraction of sp³-hybridized carbons (Fsp3) is 0.529. The highest BCUT2D eigenvalue weighted by atomic mass is 32.1. The molecule has 2 aromatic heterocycles. The molecule has 0 spiro atoms. The topological polar surface area (TPSA) is 71.3 Å². The quantitative estimate of drug-likeness (QED) is 0.804. The van der Waals surface area contributed by atoms with Crippen molar-refractivity contribution in [3.8, 4) is 0 Å². The molecule has 0 radical (unpaired) electrons. The molecule has 2 aromatic rings. The summed E-state index contributed by atoms with van der Waals surface area (Å²) in [7, 11) is 0. The maximum Gasteiger partial charge on any atom is 0.274 e. The molecule has 134 valence electrons. The molecule has 25 heavy (non-hydrogen) atoms. The predicted molar refractivity (Wildman–Crippen MR) is 96.8 cm³/mol. The first-order valence-electron chi connectivity index (χ1n) is 8.57. The molecule has 1 saturated heterocycles. The van der Waals surface area contributed by atoms with E-state index in [-0.39, 0.29) is 11.5 Å². The third-order valence-electron chi connectivity index (χ3n) is 4.23. The number of aromatic nitrogens is 3. The highest BCUT2D eigenvalue weighted by molar-refractivity contribution is 7.09. The number of carbonyl (C=O) groups is 1. The van der Waals surface area contributed by atoms with E-state index in [9.17, 15) is 9.59 Å². The molecule has 3 rings (SSSR count). The van der Waals surface area contributed by atoms with Gasteiger partial charge in [-0.15, -0.1) is 11.3 Å². The smallest absolute Gasteiger partial charge is 0.274 e. The van der Waals surface area contributed by atoms with Gasteiger partial charge >= 0.3 is 0 Å². The van der Waals surface area contributed by atoms with Gasteiger partial charge in [-0.1, -0.05) is 6.92 Å². The molecule has 8 heteroatoms. The molecule has 1 fully saturated rings. The molecule has 0 unspecified atom stereocenters. The molecule has 1 aliphatic heterocycles. The summed E-state index contributed by atoms with van der Waals surface area (Å²) < 4.78 is 1.37. The van der Waals surface area contributed by atoms with Crippen LogP contribution in [0.25, 0.3) is 0 Å². The molecule has 0 aliphatic carbocycles. The second kappa shape index (κ2) is 7.88. The van der Waals surface area contributed by atoms with Crippen molar-refractivity contribution in [1.29, 1.82) is 0 Å². The number of piperazine rings is 1. The van der Waals surface area contributed by atoms with Crippen LogP contribution in [-0.4, -0.2) is 56.7 Å². The first-order chi connectivity index (χ1) is 12.1. The molecule has 0 aromatic carbocycles. The lowest BCUT2D eigenvalue weighted by molar-refractivity contribution is 0.0618. The van der Waals surface area contributed by atoms with Gasteiger partial charge in [0.05, 0.1) is 10.7 Å². The van der Waals surface area contributed by atoms with Crippen LogP contribution in [0.3, 0.4) is 0 Å². The zero-order valence-electron chi connectivity index (χ0n) is 14.6. The van der Waals surface area contributed by atoms with Crippen LogP contribution < -0.4 is 5.56 Å². The van der Waals surface area contributed by atoms with Crippen LogP contribution in [0.1, 0.15) is 34.5 Å². The van der Waals surface area contributed by atoms with Crippen molar-refractivity contribution in [2.45, 2.75) is 33.4 Å². The zero-order chi connectivity index (χ0) is 17.8. The first-order valence-corrected chi connectivity index (χ1v) is 9.45. The Morgan fingerprint density at radius 2 is 2.00 bits per heavy atom. The lowest BCUT2D eigenvalue weighted by Crippen LogP contribution is -2.48. The summed E-state index contributed by atoms with van der Waals surface area (Å²) in [6.07, 6.45) is 0.805. The summed E-state index contributed by atoms with van der Waals surface area (Å²) in [6, 6.07) is 2.96. The van der Waals surface area contributed by atoms with Gasteiger partial charge in [-0.05, 0) is 19.4 Å². The predicted octanol–water partition coefficient (Wildman–Crippen LogP) is 1.38. The molecule has 0 saturated carbocycles. The van der Waals surface area contributed by atoms with E-state index in [4.69, 9.17) is 0 Å². The van der Waals surface area contributed by atoms with Crippen LogP contribution in [0.5, 0.6) is 0 Å². The number of amides is 1. The Bertz CT molecular complexity index is 792. The highest BCUT2D eigenvalue weighted by Crippen LogP contribution is 2.13. The van der Waals surface area contributed by atoms with Crippen LogP contribution >= 0.6 is 11.3 Å². The van der Waals surface area contributed by atoms with Gasteiger partial charge in [-0.2, -0.15) is 5.10 Å². The standard InChI is InChI=1S/C17H23N5O2S/c1-3-6-22-16(23)5-4-15(19-22)17(24)21-9-7-20(8-10-21)11-14-12-25-13(2)18-14/h4-5,12H,3,6-11H2,1-2H3. The summed E-state index contributed by atoms with van der Waals surface area (Å²) in [6.45, 7) is 8.30. The third-order valence-corrected chi connectivity index (χ3v) is 5.06. The van der Waals surface area contributed by atoms with Gasteiger partial charge < -0.3 is 4.90 Å². The van der Waals surface area contributed by atoms with Gasteiger partial charge in [0.15, 0.2) is 0 Å². The Morgan fingerprint density at radius 3 is 2.64 bits per heavy atom. The number of thiazole rings is 1. The Morgan fingerprint density at radius 1 is 1.24 bits per heavy atom. The molecule has 1 amide bonds. The monoisotopic (exact) mass is 361 g/mol. The van der Waals surface area contributed by atoms with E-state index in [1.54, 1.807) is 11.3 Å². The summed E-state index contributed by atoms with van der Waals surface area (Å²) in [5, 5.41) is 7.39. The Labute approximate surface area is 150 Å². The van der Waals surface area contributed by atoms with Crippen molar-refractivity contribution < 1.29 is 4.79 Å². The van der Waals surface area contributed by atoms with Crippen molar-refractivity contribution >= 4 is 17.2 Å². The molecule has 7 nitrogen and oxygen atoms in total. The third kappa shape index (κ3) is 4.32. The van der Waals surface area contributed by atoms with Gasteiger partial charge in [0.1, 0.15) is 5.69 Å². The van der Waals surface area contributed by atoms with Crippen molar-refractivity contribution in [3.05, 3.63) is 44.3 Å². The van der Waals surface area contributed by atoms with Crippen molar-refractivity contribution in [1.82, 2.24) is 24.6 Å². The van der Waals surface area contributed by atoms with Crippen LogP contribution in [0, 0.1) is 6.92 Å². The van der Waals surface area contributed by atoms with E-state index in [2.05, 4.69) is 20.4 Å². The number of hydrogen-bond acceptors (Lipinski definition) is 6. The molecular formula is C17H23N5O2S. The molecular weight excluding hydrogens is 338 g/mol. The number of aryl methyl sites for hydroxylation is 2. The Kier molecular flexibility index (Phi) is 5.60. The van der Waals surface area contributed by atoms with E-state index >= 15 is 0 Å². The zero-order valence-corrected chi connectivity index (χ0v) is 15.5. The highest BCUT2D eigenvalue weighted by Gasteiger charge is 2.23. The van der Waals surface area contributed by atoms with E-state index < -0.39 is 0 Å². The number of rotatable bonds is 5. The minimum Gasteiger partial charge on any atom is -0.335 e. The summed E-state index contributed by atoms with van der Waals surface area (Å²) >= 11 is 1.66. The van der Waals surface area contributed by atoms with E-state index in [0.717, 1.165) is 36.8 Å². The summed E-state index contributed by atoms with van der Waals surface area (Å²) in [5.74, 6) is -0.103. The average molecular weight is 361 g/mol. The summed E-state index contributed by atoms with van der Waals surface area (Å²) in [4.78, 5) is 33.0. The van der Waals surface area contributed by atoms with Gasteiger partial charge in [-0.3, -0.25) is 14.5 Å². The van der Waals surface area contributed by atoms with Gasteiger partial charge in [-0.25, -0.2) is 9.67 Å². The Hall–Kier alpha value is -2.06. The van der Waals surface area contributed by atoms with Crippen LogP contribution in [0.15, 0.2) is 22.3 Å². The first kappa shape index (κ1) is 17.8. The number of hydrogen-bond donors (Lipinski definition) is 0. The molecule has 0 atom stereocenters. The second-order valence-corrected chi connectivity index (χ2v) is 7.27. The number of nitrogens with zero attached hydrogens (tertiary/aromatic N) is 5. The van der Waals surface area contributed by atoms with Crippen LogP contribution in [-0.2, 0) is 13.1 Å². The lowest BCUT2D eigenvalue weighted by Gasteiger charge is -2.34. The average Bonchev–Trinajstić information content (AvgIpc) is 3.02. The van der Waals surface area contributed by atoms with Gasteiger partial charge in [0, 0.05) is 50.7 Å². The van der Waals surface area contributed by atoms with Gasteiger partial charge in [0.25, 0.3) is 11.5 Å². The van der Waals surface area contributed by atoms with Crippen molar-refractivity contribution in [2.75, 3.05) is 26.2 Å². The normalized spacial score (nSPS) is 15.5. The minimum atomic E-state index is -0.165. The van der Waals surface area contributed by atoms with E-state index in [0.29, 0.717) is 25.3 Å². The number of carbonyl (C=O) groups excluding carboxylic acids is 1. The molecule has 0 N–H and O–H groups in total. The maximum atomic E-state index is 12.7. The van der Waals surface area contributed by atoms with E-state index in [1.807, 2.05) is 18.7 Å². The largest absolute Gasteiger partial charge is 0.335 e. The lowest BCUT2D eigenvalue weighted by atomic mass is 10.2. The fourth-order valence-electron chi connectivity index (χ4n) is 2.92. The second-order valence-electron chi connectivity index (χ2n) is 6.21. The minimum absolute atomic E-state index is 0.103. The summed E-state index contributed by atoms with van der Waals surface area (Å²) in [5.41, 5.74) is 1.27. The SMILES string of the molecule is CCCn1nc(C(=O)N2CCN(Cc3csc(C)n3)CC2)ccc1=O. The van der Waals surface area contributed by atoms with Gasteiger partial charge in [0.2, 0.25) is 0 Å². The van der Waals surface area contributed by atoms with Crippen molar-refractivity contribution in [3.63, 3.8) is 0 Å². The fourth-order valence-corrected chi connectivity index (χ4v) is 3.52. The molecule has 1 aliphatic rings.